The number of aromatic nitrogens is 1. The second kappa shape index (κ2) is 8.48. The van der Waals surface area contributed by atoms with Gasteiger partial charge in [0, 0.05) is 44.2 Å². The quantitative estimate of drug-likeness (QED) is 0.656. The highest BCUT2D eigenvalue weighted by atomic mass is 32.2. The molecule has 0 saturated carbocycles. The van der Waals surface area contributed by atoms with Gasteiger partial charge in [0.2, 0.25) is 10.0 Å². The van der Waals surface area contributed by atoms with Gasteiger partial charge in [-0.2, -0.15) is 4.31 Å². The lowest BCUT2D eigenvalue weighted by Gasteiger charge is -2.33. The Balaban J connectivity index is 1.68. The Hall–Kier alpha value is -2.14. The van der Waals surface area contributed by atoms with Crippen LogP contribution in [0.15, 0.2) is 34.5 Å². The van der Waals surface area contributed by atoms with Crippen LogP contribution in [0.4, 0.5) is 0 Å². The number of sulfonamides is 1. The molecule has 150 valence electrons. The molecule has 0 radical (unpaired) electrons. The molecule has 1 amide bonds. The van der Waals surface area contributed by atoms with Gasteiger partial charge in [0.05, 0.1) is 11.5 Å². The Bertz CT molecular complexity index is 979. The van der Waals surface area contributed by atoms with Crippen LogP contribution in [0.1, 0.15) is 32.8 Å². The molecule has 2 heterocycles. The summed E-state index contributed by atoms with van der Waals surface area (Å²) in [7, 11) is -2.16. The van der Waals surface area contributed by atoms with Gasteiger partial charge in [-0.1, -0.05) is 12.1 Å². The zero-order valence-electron chi connectivity index (χ0n) is 15.6. The Labute approximate surface area is 167 Å². The second-order valence-electron chi connectivity index (χ2n) is 6.34. The highest BCUT2D eigenvalue weighted by Crippen LogP contribution is 2.20. The molecule has 1 aromatic carbocycles. The van der Waals surface area contributed by atoms with E-state index in [2.05, 4.69) is 4.98 Å². The van der Waals surface area contributed by atoms with Crippen molar-refractivity contribution in [2.75, 3.05) is 33.3 Å². The lowest BCUT2D eigenvalue weighted by Crippen LogP contribution is -2.50. The van der Waals surface area contributed by atoms with Crippen molar-refractivity contribution in [1.29, 1.82) is 0 Å². The number of ether oxygens (including phenoxy) is 1. The number of benzene rings is 1. The third kappa shape index (κ3) is 4.30. The molecule has 0 atom stereocenters. The molecular weight excluding hydrogens is 402 g/mol. The number of piperazine rings is 1. The van der Waals surface area contributed by atoms with Gasteiger partial charge >= 0.3 is 0 Å². The molecule has 3 rings (SSSR count). The van der Waals surface area contributed by atoms with Crippen molar-refractivity contribution in [2.24, 2.45) is 0 Å². The molecule has 8 nitrogen and oxygen atoms in total. The number of thiazole rings is 1. The van der Waals surface area contributed by atoms with Crippen LogP contribution in [0, 0.1) is 0 Å². The van der Waals surface area contributed by atoms with Crippen LogP contribution in [0.2, 0.25) is 0 Å². The Morgan fingerprint density at radius 2 is 1.93 bits per heavy atom. The smallest absolute Gasteiger partial charge is 0.273 e. The summed E-state index contributed by atoms with van der Waals surface area (Å²) >= 11 is 1.35. The fourth-order valence-corrected chi connectivity index (χ4v) is 5.12. The first-order valence-corrected chi connectivity index (χ1v) is 11.0. The van der Waals surface area contributed by atoms with Crippen LogP contribution in [-0.2, 0) is 21.4 Å². The molecule has 0 spiro atoms. The minimum atomic E-state index is -3.72. The molecule has 1 aliphatic heterocycles. The van der Waals surface area contributed by atoms with Gasteiger partial charge in [-0.3, -0.25) is 9.59 Å². The van der Waals surface area contributed by atoms with Crippen molar-refractivity contribution in [1.82, 2.24) is 14.2 Å². The maximum atomic E-state index is 12.9. The van der Waals surface area contributed by atoms with Gasteiger partial charge in [-0.15, -0.1) is 11.3 Å². The topological polar surface area (TPSA) is 96.9 Å². The van der Waals surface area contributed by atoms with Gasteiger partial charge in [-0.25, -0.2) is 13.4 Å². The molecule has 0 aliphatic carbocycles. The molecule has 1 aromatic heterocycles. The van der Waals surface area contributed by atoms with Gasteiger partial charge in [0.1, 0.15) is 10.7 Å². The lowest BCUT2D eigenvalue weighted by atomic mass is 10.2. The largest absolute Gasteiger partial charge is 0.378 e. The first kappa shape index (κ1) is 20.6. The number of carbonyl (C=O) groups is 2. The van der Waals surface area contributed by atoms with E-state index in [-0.39, 0.29) is 42.8 Å². The maximum Gasteiger partial charge on any atom is 0.273 e. The fourth-order valence-electron chi connectivity index (χ4n) is 2.92. The summed E-state index contributed by atoms with van der Waals surface area (Å²) in [4.78, 5) is 30.1. The van der Waals surface area contributed by atoms with E-state index in [9.17, 15) is 18.0 Å². The molecule has 0 N–H and O–H groups in total. The van der Waals surface area contributed by atoms with Crippen molar-refractivity contribution >= 4 is 33.1 Å². The minimum Gasteiger partial charge on any atom is -0.378 e. The predicted octanol–water partition coefficient (Wildman–Crippen LogP) is 1.64. The van der Waals surface area contributed by atoms with E-state index in [4.69, 9.17) is 4.74 Å². The van der Waals surface area contributed by atoms with E-state index >= 15 is 0 Å². The van der Waals surface area contributed by atoms with E-state index in [1.54, 1.807) is 29.5 Å². The average molecular weight is 424 g/mol. The highest BCUT2D eigenvalue weighted by Gasteiger charge is 2.31. The Morgan fingerprint density at radius 3 is 2.57 bits per heavy atom. The third-order valence-electron chi connectivity index (χ3n) is 4.44. The minimum absolute atomic E-state index is 0.0867. The summed E-state index contributed by atoms with van der Waals surface area (Å²) in [6.07, 6.45) is 0. The van der Waals surface area contributed by atoms with Crippen LogP contribution in [0.3, 0.4) is 0 Å². The number of rotatable bonds is 6. The molecule has 28 heavy (non-hydrogen) atoms. The summed E-state index contributed by atoms with van der Waals surface area (Å²) in [5.41, 5.74) is 0.702. The molecule has 1 saturated heterocycles. The summed E-state index contributed by atoms with van der Waals surface area (Å²) in [5.74, 6) is -0.405. The molecular formula is C18H21N3O5S2. The van der Waals surface area contributed by atoms with Crippen LogP contribution < -0.4 is 0 Å². The van der Waals surface area contributed by atoms with E-state index < -0.39 is 10.0 Å². The number of hydrogen-bond donors (Lipinski definition) is 0. The lowest BCUT2D eigenvalue weighted by molar-refractivity contribution is 0.0692. The van der Waals surface area contributed by atoms with Gasteiger partial charge in [-0.05, 0) is 19.1 Å². The number of ketones is 1. The van der Waals surface area contributed by atoms with Crippen molar-refractivity contribution in [3.8, 4) is 0 Å². The number of amides is 1. The second-order valence-corrected chi connectivity index (χ2v) is 9.22. The molecule has 0 bridgehead atoms. The van der Waals surface area contributed by atoms with E-state index in [0.717, 1.165) is 5.01 Å². The zero-order valence-corrected chi connectivity index (χ0v) is 17.3. The van der Waals surface area contributed by atoms with Crippen molar-refractivity contribution in [3.63, 3.8) is 0 Å². The molecule has 2 aromatic rings. The van der Waals surface area contributed by atoms with E-state index in [0.29, 0.717) is 17.9 Å². The first-order valence-electron chi connectivity index (χ1n) is 8.66. The first-order chi connectivity index (χ1) is 13.3. The zero-order chi connectivity index (χ0) is 20.3. The monoisotopic (exact) mass is 423 g/mol. The Kier molecular flexibility index (Phi) is 6.23. The van der Waals surface area contributed by atoms with Crippen molar-refractivity contribution in [3.05, 3.63) is 45.9 Å². The van der Waals surface area contributed by atoms with Crippen molar-refractivity contribution < 1.29 is 22.7 Å². The number of carbonyl (C=O) groups excluding carboxylic acids is 2. The van der Waals surface area contributed by atoms with Gasteiger partial charge < -0.3 is 9.64 Å². The van der Waals surface area contributed by atoms with Gasteiger partial charge in [0.25, 0.3) is 5.91 Å². The molecule has 1 fully saturated rings. The van der Waals surface area contributed by atoms with Crippen LogP contribution in [0.5, 0.6) is 0 Å². The summed E-state index contributed by atoms with van der Waals surface area (Å²) in [6, 6.07) is 6.01. The normalized spacial score (nSPS) is 15.6. The molecule has 10 heteroatoms. The van der Waals surface area contributed by atoms with E-state index in [1.807, 2.05) is 0 Å². The van der Waals surface area contributed by atoms with Crippen LogP contribution in [-0.4, -0.2) is 67.6 Å². The summed E-state index contributed by atoms with van der Waals surface area (Å²) < 4.78 is 32.1. The number of Topliss-reactive ketones (excluding diaryl/α,β-unsaturated/α-hetero) is 1. The third-order valence-corrected chi connectivity index (χ3v) is 7.16. The molecule has 1 aliphatic rings. The highest BCUT2D eigenvalue weighted by molar-refractivity contribution is 7.89. The van der Waals surface area contributed by atoms with Gasteiger partial charge in [0.15, 0.2) is 5.78 Å². The van der Waals surface area contributed by atoms with Crippen LogP contribution in [0.25, 0.3) is 0 Å². The summed E-state index contributed by atoms with van der Waals surface area (Å²) in [5, 5.41) is 2.41. The standard InChI is InChI=1S/C18H21N3O5S2/c1-13(22)14-4-3-5-15(10-14)28(24,25)21-8-6-20(7-9-21)18(23)16-12-27-17(19-16)11-26-2/h3-5,10,12H,6-9,11H2,1-2H3. The number of nitrogens with zero attached hydrogens (tertiary/aromatic N) is 3. The maximum absolute atomic E-state index is 12.9. The number of hydrogen-bond acceptors (Lipinski definition) is 7. The van der Waals surface area contributed by atoms with E-state index in [1.165, 1.54) is 34.7 Å². The molecule has 0 unspecified atom stereocenters. The Morgan fingerprint density at radius 1 is 1.21 bits per heavy atom. The predicted molar refractivity (Wildman–Crippen MR) is 104 cm³/mol. The average Bonchev–Trinajstić information content (AvgIpc) is 3.16. The SMILES string of the molecule is COCc1nc(C(=O)N2CCN(S(=O)(=O)c3cccc(C(C)=O)c3)CC2)cs1. The number of methoxy groups -OCH3 is 1. The fraction of sp³-hybridized carbons (Fsp3) is 0.389. The summed E-state index contributed by atoms with van der Waals surface area (Å²) in [6.45, 7) is 2.68. The van der Waals surface area contributed by atoms with Crippen molar-refractivity contribution in [2.45, 2.75) is 18.4 Å². The van der Waals surface area contributed by atoms with Crippen LogP contribution >= 0.6 is 11.3 Å².